The fourth-order valence-electron chi connectivity index (χ4n) is 5.08. The Labute approximate surface area is 209 Å². The fourth-order valence-corrected chi connectivity index (χ4v) is 5.08. The molecule has 3 rings (SSSR count). The molecule has 8 heteroatoms. The first-order valence-electron chi connectivity index (χ1n) is 12.8. The van der Waals surface area contributed by atoms with Crippen LogP contribution in [0, 0.1) is 5.92 Å². The summed E-state index contributed by atoms with van der Waals surface area (Å²) in [7, 11) is 0. The average Bonchev–Trinajstić information content (AvgIpc) is 2.83. The summed E-state index contributed by atoms with van der Waals surface area (Å²) in [5.74, 6) is 0.289. The van der Waals surface area contributed by atoms with Gasteiger partial charge in [-0.1, -0.05) is 43.3 Å². The molecule has 4 amide bonds. The second-order valence-electron chi connectivity index (χ2n) is 10.2. The molecule has 0 radical (unpaired) electrons. The van der Waals surface area contributed by atoms with Crippen LogP contribution < -0.4 is 11.1 Å². The molecule has 0 saturated carbocycles. The minimum absolute atomic E-state index is 0.111. The maximum atomic E-state index is 13.1. The molecule has 0 spiro atoms. The van der Waals surface area contributed by atoms with Gasteiger partial charge in [0.2, 0.25) is 11.8 Å². The number of nitrogens with zero attached hydrogens (tertiary/aromatic N) is 3. The van der Waals surface area contributed by atoms with Crippen molar-refractivity contribution in [3.63, 3.8) is 0 Å². The molecule has 2 heterocycles. The van der Waals surface area contributed by atoms with Crippen molar-refractivity contribution in [2.24, 2.45) is 11.7 Å². The summed E-state index contributed by atoms with van der Waals surface area (Å²) in [6.45, 7) is 10.1. The molecular weight excluding hydrogens is 442 g/mol. The van der Waals surface area contributed by atoms with Crippen molar-refractivity contribution in [2.45, 2.75) is 64.3 Å². The van der Waals surface area contributed by atoms with Gasteiger partial charge in [0.15, 0.2) is 0 Å². The number of nitrogens with one attached hydrogen (secondary N) is 1. The standard InChI is InChI=1S/C27H41N5O3/c1-21(28)29-16-10-14-23-25(34)32(27(23,2)3)26(35)31-19-17-30(18-20-31)24(33)15-9-5-8-13-22-11-6-4-7-12-22/h4,6-7,11-12,23,29H,1,5,8-10,13-20,28H2,2-3H3. The van der Waals surface area contributed by atoms with Gasteiger partial charge in [-0.05, 0) is 51.5 Å². The molecule has 2 aliphatic heterocycles. The molecule has 2 aliphatic rings. The van der Waals surface area contributed by atoms with E-state index in [4.69, 9.17) is 5.73 Å². The van der Waals surface area contributed by atoms with E-state index in [0.29, 0.717) is 51.4 Å². The van der Waals surface area contributed by atoms with Crippen molar-refractivity contribution in [3.8, 4) is 0 Å². The smallest absolute Gasteiger partial charge is 0.327 e. The predicted molar refractivity (Wildman–Crippen MR) is 137 cm³/mol. The molecule has 3 N–H and O–H groups in total. The fraction of sp³-hybridized carbons (Fsp3) is 0.593. The highest BCUT2D eigenvalue weighted by atomic mass is 16.2. The number of benzene rings is 1. The van der Waals surface area contributed by atoms with E-state index in [1.807, 2.05) is 24.8 Å². The highest BCUT2D eigenvalue weighted by molar-refractivity contribution is 6.02. The zero-order valence-electron chi connectivity index (χ0n) is 21.3. The molecule has 192 valence electrons. The summed E-state index contributed by atoms with van der Waals surface area (Å²) >= 11 is 0. The Balaban J connectivity index is 1.35. The van der Waals surface area contributed by atoms with Crippen LogP contribution in [0.3, 0.4) is 0 Å². The molecule has 1 aromatic rings. The Kier molecular flexibility index (Phi) is 9.18. The number of likely N-dealkylation sites (tertiary alicyclic amines) is 1. The summed E-state index contributed by atoms with van der Waals surface area (Å²) in [6.07, 6.45) is 6.08. The van der Waals surface area contributed by atoms with Gasteiger partial charge in [-0.25, -0.2) is 4.79 Å². The van der Waals surface area contributed by atoms with Gasteiger partial charge in [-0.2, -0.15) is 0 Å². The molecule has 0 aliphatic carbocycles. The summed E-state index contributed by atoms with van der Waals surface area (Å²) in [4.78, 5) is 43.4. The van der Waals surface area contributed by atoms with Crippen LogP contribution in [0.4, 0.5) is 4.79 Å². The van der Waals surface area contributed by atoms with Crippen LogP contribution in [0.25, 0.3) is 0 Å². The first-order valence-corrected chi connectivity index (χ1v) is 12.8. The third-order valence-corrected chi connectivity index (χ3v) is 7.26. The number of amides is 4. The first kappa shape index (κ1) is 26.6. The number of unbranched alkanes of at least 4 members (excludes halogenated alkanes) is 2. The van der Waals surface area contributed by atoms with E-state index in [1.165, 1.54) is 10.5 Å². The maximum Gasteiger partial charge on any atom is 0.327 e. The number of hydrogen-bond acceptors (Lipinski definition) is 5. The van der Waals surface area contributed by atoms with Gasteiger partial charge >= 0.3 is 6.03 Å². The number of nitrogens with two attached hydrogens (primary N) is 1. The van der Waals surface area contributed by atoms with Crippen LogP contribution in [-0.4, -0.2) is 70.8 Å². The minimum atomic E-state index is -0.513. The molecule has 35 heavy (non-hydrogen) atoms. The van der Waals surface area contributed by atoms with E-state index >= 15 is 0 Å². The van der Waals surface area contributed by atoms with Crippen molar-refractivity contribution >= 4 is 17.8 Å². The van der Waals surface area contributed by atoms with Crippen LogP contribution in [0.2, 0.25) is 0 Å². The highest BCUT2D eigenvalue weighted by Gasteiger charge is 2.57. The molecule has 8 nitrogen and oxygen atoms in total. The maximum absolute atomic E-state index is 13.1. The third kappa shape index (κ3) is 6.77. The van der Waals surface area contributed by atoms with Crippen LogP contribution >= 0.6 is 0 Å². The Bertz CT molecular complexity index is 893. The SMILES string of the molecule is C=C(N)NCCCC1C(=O)N(C(=O)N2CCN(C(=O)CCCCCc3ccccc3)CC2)C1(C)C. The predicted octanol–water partition coefficient (Wildman–Crippen LogP) is 3.09. The number of rotatable bonds is 11. The summed E-state index contributed by atoms with van der Waals surface area (Å²) in [5, 5.41) is 2.97. The number of hydrogen-bond donors (Lipinski definition) is 2. The Morgan fingerprint density at radius 3 is 2.31 bits per heavy atom. The van der Waals surface area contributed by atoms with Gasteiger partial charge in [-0.3, -0.25) is 14.5 Å². The van der Waals surface area contributed by atoms with Crippen molar-refractivity contribution in [1.82, 2.24) is 20.0 Å². The van der Waals surface area contributed by atoms with Crippen LogP contribution in [0.5, 0.6) is 0 Å². The van der Waals surface area contributed by atoms with Gasteiger partial charge in [0, 0.05) is 39.1 Å². The van der Waals surface area contributed by atoms with E-state index in [2.05, 4.69) is 36.2 Å². The van der Waals surface area contributed by atoms with Gasteiger partial charge in [-0.15, -0.1) is 0 Å². The topological polar surface area (TPSA) is 99.0 Å². The van der Waals surface area contributed by atoms with E-state index < -0.39 is 5.54 Å². The summed E-state index contributed by atoms with van der Waals surface area (Å²) in [6, 6.07) is 10.2. The molecule has 1 atom stereocenters. The lowest BCUT2D eigenvalue weighted by Gasteiger charge is -2.54. The summed E-state index contributed by atoms with van der Waals surface area (Å²) in [5.41, 5.74) is 6.33. The lowest BCUT2D eigenvalue weighted by Crippen LogP contribution is -2.72. The van der Waals surface area contributed by atoms with Crippen molar-refractivity contribution in [2.75, 3.05) is 32.7 Å². The number of β-lactam (4-membered cyclic amide) rings is 1. The molecule has 0 bridgehead atoms. The monoisotopic (exact) mass is 483 g/mol. The first-order chi connectivity index (χ1) is 16.7. The van der Waals surface area contributed by atoms with Crippen LogP contribution in [0.1, 0.15) is 57.9 Å². The zero-order chi connectivity index (χ0) is 25.4. The number of urea groups is 1. The highest BCUT2D eigenvalue weighted by Crippen LogP contribution is 2.41. The second kappa shape index (κ2) is 12.1. The second-order valence-corrected chi connectivity index (χ2v) is 10.2. The third-order valence-electron chi connectivity index (χ3n) is 7.26. The van der Waals surface area contributed by atoms with Crippen molar-refractivity contribution < 1.29 is 14.4 Å². The molecule has 1 unspecified atom stereocenters. The number of carbonyl (C=O) groups is 3. The van der Waals surface area contributed by atoms with Gasteiger partial charge in [0.25, 0.3) is 0 Å². The normalized spacial score (nSPS) is 19.3. The number of piperazine rings is 1. The average molecular weight is 484 g/mol. The van der Waals surface area contributed by atoms with Gasteiger partial charge in [0.1, 0.15) is 0 Å². The number of carbonyl (C=O) groups excluding carboxylic acids is 3. The van der Waals surface area contributed by atoms with E-state index in [0.717, 1.165) is 32.1 Å². The van der Waals surface area contributed by atoms with Crippen LogP contribution in [0.15, 0.2) is 42.7 Å². The quantitative estimate of drug-likeness (QED) is 0.372. The Hall–Kier alpha value is -3.03. The number of imide groups is 1. The minimum Gasteiger partial charge on any atom is -0.386 e. The Morgan fingerprint density at radius 2 is 1.69 bits per heavy atom. The molecular formula is C27H41N5O3. The number of aryl methyl sites for hydroxylation is 1. The van der Waals surface area contributed by atoms with E-state index in [-0.39, 0.29) is 23.8 Å². The molecule has 2 saturated heterocycles. The lowest BCUT2D eigenvalue weighted by molar-refractivity contribution is -0.161. The Morgan fingerprint density at radius 1 is 1.03 bits per heavy atom. The zero-order valence-corrected chi connectivity index (χ0v) is 21.3. The van der Waals surface area contributed by atoms with Crippen molar-refractivity contribution in [1.29, 1.82) is 0 Å². The van der Waals surface area contributed by atoms with Gasteiger partial charge in [0.05, 0.1) is 17.3 Å². The largest absolute Gasteiger partial charge is 0.386 e. The lowest BCUT2D eigenvalue weighted by atomic mass is 9.73. The molecule has 1 aromatic carbocycles. The summed E-state index contributed by atoms with van der Waals surface area (Å²) < 4.78 is 0. The molecule has 2 fully saturated rings. The van der Waals surface area contributed by atoms with E-state index in [1.54, 1.807) is 4.90 Å². The van der Waals surface area contributed by atoms with Crippen LogP contribution in [-0.2, 0) is 16.0 Å². The van der Waals surface area contributed by atoms with E-state index in [9.17, 15) is 14.4 Å². The van der Waals surface area contributed by atoms with Crippen molar-refractivity contribution in [3.05, 3.63) is 48.3 Å². The molecule has 0 aromatic heterocycles. The van der Waals surface area contributed by atoms with Gasteiger partial charge < -0.3 is 20.9 Å².